The average Bonchev–Trinajstić information content (AvgIpc) is 2.50. The molecule has 0 aliphatic heterocycles. The van der Waals surface area contributed by atoms with Crippen LogP contribution < -0.4 is 5.32 Å². The normalized spacial score (nSPS) is 24.8. The van der Waals surface area contributed by atoms with Crippen LogP contribution in [0.15, 0.2) is 0 Å². The van der Waals surface area contributed by atoms with E-state index in [1.165, 1.54) is 38.5 Å². The highest BCUT2D eigenvalue weighted by atomic mass is 16.5. The van der Waals surface area contributed by atoms with E-state index in [1.807, 2.05) is 0 Å². The first-order valence-corrected chi connectivity index (χ1v) is 8.61. The molecular weight excluding hydrogens is 250 g/mol. The van der Waals surface area contributed by atoms with E-state index in [0.717, 1.165) is 38.0 Å². The van der Waals surface area contributed by atoms with Gasteiger partial charge >= 0.3 is 0 Å². The summed E-state index contributed by atoms with van der Waals surface area (Å²) in [6.07, 6.45) is 9.37. The van der Waals surface area contributed by atoms with Crippen molar-refractivity contribution in [2.24, 2.45) is 11.8 Å². The number of ether oxygens (including phenoxy) is 2. The third kappa shape index (κ3) is 7.05. The molecule has 1 aliphatic rings. The molecule has 0 saturated heterocycles. The maximum atomic E-state index is 5.65. The molecule has 0 aromatic carbocycles. The van der Waals surface area contributed by atoms with Crippen molar-refractivity contribution in [2.45, 2.75) is 64.8 Å². The van der Waals surface area contributed by atoms with Crippen molar-refractivity contribution in [2.75, 3.05) is 33.5 Å². The van der Waals surface area contributed by atoms with Gasteiger partial charge in [0.2, 0.25) is 0 Å². The molecule has 1 rings (SSSR count). The Labute approximate surface area is 125 Å². The van der Waals surface area contributed by atoms with Crippen LogP contribution in [0.1, 0.15) is 58.8 Å². The Morgan fingerprint density at radius 3 is 2.40 bits per heavy atom. The molecule has 0 spiro atoms. The van der Waals surface area contributed by atoms with E-state index < -0.39 is 0 Å². The molecule has 1 atom stereocenters. The maximum absolute atomic E-state index is 5.65. The van der Waals surface area contributed by atoms with Crippen LogP contribution in [0.25, 0.3) is 0 Å². The Bertz CT molecular complexity index is 215. The third-order valence-electron chi connectivity index (χ3n) is 4.70. The lowest BCUT2D eigenvalue weighted by Gasteiger charge is -2.34. The van der Waals surface area contributed by atoms with Gasteiger partial charge in [0, 0.05) is 19.8 Å². The Balaban J connectivity index is 2.27. The van der Waals surface area contributed by atoms with E-state index in [1.54, 1.807) is 7.11 Å². The highest BCUT2D eigenvalue weighted by Gasteiger charge is 2.26. The molecule has 1 N–H and O–H groups in total. The van der Waals surface area contributed by atoms with Crippen LogP contribution >= 0.6 is 0 Å². The lowest BCUT2D eigenvalue weighted by Crippen LogP contribution is -2.39. The van der Waals surface area contributed by atoms with E-state index >= 15 is 0 Å². The largest absolute Gasteiger partial charge is 0.382 e. The predicted molar refractivity (Wildman–Crippen MR) is 85.1 cm³/mol. The summed E-state index contributed by atoms with van der Waals surface area (Å²) in [6.45, 7) is 8.00. The van der Waals surface area contributed by atoms with Gasteiger partial charge in [0.05, 0.1) is 13.2 Å². The van der Waals surface area contributed by atoms with Crippen LogP contribution in [0.2, 0.25) is 0 Å². The summed E-state index contributed by atoms with van der Waals surface area (Å²) in [5.41, 5.74) is 0. The van der Waals surface area contributed by atoms with Crippen molar-refractivity contribution < 1.29 is 9.47 Å². The first-order chi connectivity index (χ1) is 9.81. The van der Waals surface area contributed by atoms with E-state index in [-0.39, 0.29) is 0 Å². The smallest absolute Gasteiger partial charge is 0.0700 e. The zero-order valence-electron chi connectivity index (χ0n) is 13.8. The second kappa shape index (κ2) is 11.5. The van der Waals surface area contributed by atoms with Gasteiger partial charge in [-0.1, -0.05) is 33.1 Å². The fraction of sp³-hybridized carbons (Fsp3) is 1.00. The summed E-state index contributed by atoms with van der Waals surface area (Å²) in [5.74, 6) is 1.84. The van der Waals surface area contributed by atoms with Crippen molar-refractivity contribution in [3.63, 3.8) is 0 Å². The molecular formula is C17H35NO2. The van der Waals surface area contributed by atoms with Crippen molar-refractivity contribution >= 4 is 0 Å². The molecule has 3 nitrogen and oxygen atoms in total. The zero-order valence-corrected chi connectivity index (χ0v) is 13.8. The molecule has 0 aromatic rings. The van der Waals surface area contributed by atoms with E-state index in [4.69, 9.17) is 9.47 Å². The molecule has 0 radical (unpaired) electrons. The van der Waals surface area contributed by atoms with Crippen LogP contribution in [0.4, 0.5) is 0 Å². The van der Waals surface area contributed by atoms with Crippen molar-refractivity contribution in [1.82, 2.24) is 5.32 Å². The number of hydrogen-bond donors (Lipinski definition) is 1. The fourth-order valence-electron chi connectivity index (χ4n) is 3.29. The predicted octanol–water partition coefficient (Wildman–Crippen LogP) is 3.62. The van der Waals surface area contributed by atoms with Crippen molar-refractivity contribution in [1.29, 1.82) is 0 Å². The Morgan fingerprint density at radius 2 is 1.80 bits per heavy atom. The van der Waals surface area contributed by atoms with Crippen LogP contribution in [0.5, 0.6) is 0 Å². The monoisotopic (exact) mass is 285 g/mol. The molecule has 0 heterocycles. The number of rotatable bonds is 11. The number of nitrogens with one attached hydrogen (secondary N) is 1. The topological polar surface area (TPSA) is 30.5 Å². The van der Waals surface area contributed by atoms with E-state index in [2.05, 4.69) is 19.2 Å². The highest BCUT2D eigenvalue weighted by Crippen LogP contribution is 2.33. The fourth-order valence-corrected chi connectivity index (χ4v) is 3.29. The molecule has 1 unspecified atom stereocenters. The van der Waals surface area contributed by atoms with E-state index in [0.29, 0.717) is 12.6 Å². The highest BCUT2D eigenvalue weighted by molar-refractivity contribution is 4.81. The maximum Gasteiger partial charge on any atom is 0.0700 e. The van der Waals surface area contributed by atoms with Gasteiger partial charge in [0.15, 0.2) is 0 Å². The summed E-state index contributed by atoms with van der Waals surface area (Å²) in [5, 5.41) is 3.75. The SMILES string of the molecule is CCCNC(CCOCCOC)C1CCC(CC)CC1. The van der Waals surface area contributed by atoms with Gasteiger partial charge in [-0.25, -0.2) is 0 Å². The van der Waals surface area contributed by atoms with Gasteiger partial charge in [-0.15, -0.1) is 0 Å². The average molecular weight is 285 g/mol. The van der Waals surface area contributed by atoms with Gasteiger partial charge in [-0.2, -0.15) is 0 Å². The van der Waals surface area contributed by atoms with Gasteiger partial charge in [-0.05, 0) is 44.1 Å². The van der Waals surface area contributed by atoms with Crippen molar-refractivity contribution in [3.8, 4) is 0 Å². The first-order valence-electron chi connectivity index (χ1n) is 8.61. The number of hydrogen-bond acceptors (Lipinski definition) is 3. The molecule has 0 amide bonds. The summed E-state index contributed by atoms with van der Waals surface area (Å²) < 4.78 is 10.7. The minimum atomic E-state index is 0.648. The van der Waals surface area contributed by atoms with Gasteiger partial charge < -0.3 is 14.8 Å². The van der Waals surface area contributed by atoms with Crippen molar-refractivity contribution in [3.05, 3.63) is 0 Å². The third-order valence-corrected chi connectivity index (χ3v) is 4.70. The Kier molecular flexibility index (Phi) is 10.3. The summed E-state index contributed by atoms with van der Waals surface area (Å²) in [6, 6.07) is 0.648. The standard InChI is InChI=1S/C17H35NO2/c1-4-11-18-17(10-12-20-14-13-19-3)16-8-6-15(5-2)7-9-16/h15-18H,4-14H2,1-3H3. The molecule has 1 fully saturated rings. The molecule has 120 valence electrons. The second-order valence-electron chi connectivity index (χ2n) is 6.14. The molecule has 1 aliphatic carbocycles. The zero-order chi connectivity index (χ0) is 14.6. The summed E-state index contributed by atoms with van der Waals surface area (Å²) in [4.78, 5) is 0. The lowest BCUT2D eigenvalue weighted by molar-refractivity contribution is 0.0604. The van der Waals surface area contributed by atoms with Gasteiger partial charge in [-0.3, -0.25) is 0 Å². The van der Waals surface area contributed by atoms with Crippen LogP contribution in [0, 0.1) is 11.8 Å². The Morgan fingerprint density at radius 1 is 1.05 bits per heavy atom. The van der Waals surface area contributed by atoms with Crippen LogP contribution in [0.3, 0.4) is 0 Å². The van der Waals surface area contributed by atoms with E-state index in [9.17, 15) is 0 Å². The second-order valence-corrected chi connectivity index (χ2v) is 6.14. The molecule has 1 saturated carbocycles. The molecule has 0 aromatic heterocycles. The molecule has 0 bridgehead atoms. The minimum Gasteiger partial charge on any atom is -0.382 e. The van der Waals surface area contributed by atoms with Crippen LogP contribution in [-0.4, -0.2) is 39.5 Å². The summed E-state index contributed by atoms with van der Waals surface area (Å²) >= 11 is 0. The minimum absolute atomic E-state index is 0.648. The van der Waals surface area contributed by atoms with Crippen LogP contribution in [-0.2, 0) is 9.47 Å². The molecule has 3 heteroatoms. The molecule has 20 heavy (non-hydrogen) atoms. The number of methoxy groups -OCH3 is 1. The summed E-state index contributed by atoms with van der Waals surface area (Å²) in [7, 11) is 1.72. The quantitative estimate of drug-likeness (QED) is 0.588. The first kappa shape index (κ1) is 17.9. The van der Waals surface area contributed by atoms with Gasteiger partial charge in [0.1, 0.15) is 0 Å². The van der Waals surface area contributed by atoms with Gasteiger partial charge in [0.25, 0.3) is 0 Å². The Hall–Kier alpha value is -0.120. The lowest BCUT2D eigenvalue weighted by atomic mass is 9.77.